The Morgan fingerprint density at radius 2 is 1.80 bits per heavy atom. The lowest BCUT2D eigenvalue weighted by Crippen LogP contribution is -2.29. The predicted octanol–water partition coefficient (Wildman–Crippen LogP) is 1.95. The Morgan fingerprint density at radius 3 is 2.43 bits per heavy atom. The van der Waals surface area contributed by atoms with Crippen molar-refractivity contribution in [3.63, 3.8) is 0 Å². The van der Waals surface area contributed by atoms with Crippen LogP contribution in [0.1, 0.15) is 12.8 Å². The summed E-state index contributed by atoms with van der Waals surface area (Å²) in [6.45, 7) is 0.306. The maximum atomic E-state index is 12.4. The SMILES string of the molecule is CS(=O)(=O)NC(=O)CCCn1ccc(-c2ccc(Oc3ncccn3)cc2)cc1=O. The summed E-state index contributed by atoms with van der Waals surface area (Å²) in [5.41, 5.74) is 1.37. The lowest BCUT2D eigenvalue weighted by Gasteiger charge is -2.08. The van der Waals surface area contributed by atoms with Gasteiger partial charge in [0.25, 0.3) is 5.56 Å². The molecule has 2 aromatic heterocycles. The van der Waals surface area contributed by atoms with E-state index in [0.717, 1.165) is 17.4 Å². The molecule has 10 heteroatoms. The van der Waals surface area contributed by atoms with Crippen LogP contribution < -0.4 is 15.0 Å². The first-order chi connectivity index (χ1) is 14.3. The van der Waals surface area contributed by atoms with Crippen LogP contribution in [0.25, 0.3) is 11.1 Å². The van der Waals surface area contributed by atoms with E-state index in [1.165, 1.54) is 10.6 Å². The predicted molar refractivity (Wildman–Crippen MR) is 110 cm³/mol. The molecule has 9 nitrogen and oxygen atoms in total. The highest BCUT2D eigenvalue weighted by Gasteiger charge is 2.08. The number of sulfonamides is 1. The fourth-order valence-corrected chi connectivity index (χ4v) is 3.21. The van der Waals surface area contributed by atoms with Crippen LogP contribution in [0, 0.1) is 0 Å². The summed E-state index contributed by atoms with van der Waals surface area (Å²) in [6, 6.07) is 12.4. The summed E-state index contributed by atoms with van der Waals surface area (Å²) < 4.78 is 30.9. The molecule has 1 N–H and O–H groups in total. The minimum absolute atomic E-state index is 0.00779. The van der Waals surface area contributed by atoms with Gasteiger partial charge in [-0.2, -0.15) is 0 Å². The second kappa shape index (κ2) is 9.31. The van der Waals surface area contributed by atoms with E-state index in [1.807, 2.05) is 16.9 Å². The summed E-state index contributed by atoms with van der Waals surface area (Å²) in [6.07, 6.45) is 6.09. The van der Waals surface area contributed by atoms with Crippen molar-refractivity contribution in [1.82, 2.24) is 19.3 Å². The van der Waals surface area contributed by atoms with Gasteiger partial charge in [-0.25, -0.2) is 18.4 Å². The minimum Gasteiger partial charge on any atom is -0.424 e. The smallest absolute Gasteiger partial charge is 0.321 e. The molecule has 0 spiro atoms. The number of hydrogen-bond acceptors (Lipinski definition) is 7. The van der Waals surface area contributed by atoms with E-state index in [4.69, 9.17) is 4.74 Å². The number of aromatic nitrogens is 3. The van der Waals surface area contributed by atoms with Gasteiger partial charge in [0.15, 0.2) is 0 Å². The molecule has 0 aliphatic rings. The molecule has 0 aliphatic heterocycles. The first-order valence-electron chi connectivity index (χ1n) is 9.06. The topological polar surface area (TPSA) is 120 Å². The fourth-order valence-electron chi connectivity index (χ4n) is 2.70. The molecule has 3 rings (SSSR count). The van der Waals surface area contributed by atoms with Gasteiger partial charge < -0.3 is 9.30 Å². The molecule has 0 aliphatic carbocycles. The van der Waals surface area contributed by atoms with Crippen LogP contribution in [0.15, 0.2) is 65.8 Å². The Bertz CT molecular complexity index is 1180. The number of hydrogen-bond donors (Lipinski definition) is 1. The van der Waals surface area contributed by atoms with Gasteiger partial charge in [0.05, 0.1) is 6.26 Å². The zero-order valence-electron chi connectivity index (χ0n) is 16.2. The van der Waals surface area contributed by atoms with Crippen LogP contribution in [0.5, 0.6) is 11.8 Å². The van der Waals surface area contributed by atoms with Gasteiger partial charge in [0.2, 0.25) is 15.9 Å². The Balaban J connectivity index is 1.61. The average molecular weight is 428 g/mol. The molecule has 3 aromatic rings. The molecular weight excluding hydrogens is 408 g/mol. The van der Waals surface area contributed by atoms with E-state index >= 15 is 0 Å². The number of carbonyl (C=O) groups is 1. The van der Waals surface area contributed by atoms with Crippen LogP contribution in [0.3, 0.4) is 0 Å². The van der Waals surface area contributed by atoms with Crippen molar-refractivity contribution < 1.29 is 17.9 Å². The van der Waals surface area contributed by atoms with Crippen molar-refractivity contribution in [2.75, 3.05) is 6.26 Å². The first-order valence-corrected chi connectivity index (χ1v) is 11.0. The molecule has 0 fully saturated rings. The molecule has 0 radical (unpaired) electrons. The molecule has 30 heavy (non-hydrogen) atoms. The fraction of sp³-hybridized carbons (Fsp3) is 0.200. The third kappa shape index (κ3) is 6.24. The molecule has 0 unspecified atom stereocenters. The monoisotopic (exact) mass is 428 g/mol. The number of rotatable bonds is 8. The van der Waals surface area contributed by atoms with Crippen molar-refractivity contribution in [2.24, 2.45) is 0 Å². The summed E-state index contributed by atoms with van der Waals surface area (Å²) >= 11 is 0. The van der Waals surface area contributed by atoms with E-state index in [9.17, 15) is 18.0 Å². The Kier molecular flexibility index (Phi) is 6.58. The molecule has 1 aromatic carbocycles. The third-order valence-corrected chi connectivity index (χ3v) is 4.64. The molecule has 0 saturated heterocycles. The van der Waals surface area contributed by atoms with Gasteiger partial charge in [0, 0.05) is 37.6 Å². The summed E-state index contributed by atoms with van der Waals surface area (Å²) in [5.74, 6) is -0.0176. The molecular formula is C20H20N4O5S. The number of carbonyl (C=O) groups excluding carboxylic acids is 1. The molecule has 156 valence electrons. The molecule has 2 heterocycles. The number of nitrogens with zero attached hydrogens (tertiary/aromatic N) is 3. The number of ether oxygens (including phenoxy) is 1. The Labute approximate surface area is 173 Å². The van der Waals surface area contributed by atoms with Crippen molar-refractivity contribution in [3.8, 4) is 22.9 Å². The van der Waals surface area contributed by atoms with Gasteiger partial charge in [-0.05, 0) is 41.8 Å². The highest BCUT2D eigenvalue weighted by Crippen LogP contribution is 2.23. The largest absolute Gasteiger partial charge is 0.424 e. The van der Waals surface area contributed by atoms with E-state index in [2.05, 4.69) is 9.97 Å². The lowest BCUT2D eigenvalue weighted by atomic mass is 10.1. The molecule has 1 amide bonds. The molecule has 0 atom stereocenters. The van der Waals surface area contributed by atoms with Gasteiger partial charge in [-0.1, -0.05) is 12.1 Å². The van der Waals surface area contributed by atoms with Crippen LogP contribution in [0.2, 0.25) is 0 Å². The number of nitrogens with one attached hydrogen (secondary N) is 1. The van der Waals surface area contributed by atoms with Crippen molar-refractivity contribution in [3.05, 3.63) is 71.4 Å². The Hall–Kier alpha value is -3.53. The third-order valence-electron chi connectivity index (χ3n) is 4.04. The van der Waals surface area contributed by atoms with Crippen LogP contribution in [-0.2, 0) is 21.4 Å². The van der Waals surface area contributed by atoms with Crippen LogP contribution >= 0.6 is 0 Å². The molecule has 0 bridgehead atoms. The van der Waals surface area contributed by atoms with Gasteiger partial charge in [-0.3, -0.25) is 14.3 Å². The first kappa shape index (κ1) is 21.2. The van der Waals surface area contributed by atoms with Crippen molar-refractivity contribution >= 4 is 15.9 Å². The number of benzene rings is 1. The average Bonchev–Trinajstić information content (AvgIpc) is 2.69. The lowest BCUT2D eigenvalue weighted by molar-refractivity contribution is -0.119. The standard InChI is InChI=1S/C20H20N4O5S/c1-30(27,28)23-18(25)4-2-12-24-13-9-16(14-19(24)26)15-5-7-17(8-6-15)29-20-21-10-3-11-22-20/h3,5-11,13-14H,2,4,12H2,1H3,(H,23,25). The second-order valence-electron chi connectivity index (χ2n) is 6.51. The van der Waals surface area contributed by atoms with Gasteiger partial charge >= 0.3 is 6.01 Å². The normalized spacial score (nSPS) is 11.1. The maximum absolute atomic E-state index is 12.4. The zero-order chi connectivity index (χ0) is 21.6. The highest BCUT2D eigenvalue weighted by atomic mass is 32.2. The Morgan fingerprint density at radius 1 is 1.10 bits per heavy atom. The molecule has 0 saturated carbocycles. The van der Waals surface area contributed by atoms with Crippen LogP contribution in [-0.4, -0.2) is 35.1 Å². The quantitative estimate of drug-likeness (QED) is 0.582. The van der Waals surface area contributed by atoms with Crippen LogP contribution in [0.4, 0.5) is 0 Å². The summed E-state index contributed by atoms with van der Waals surface area (Å²) in [5, 5.41) is 0. The van der Waals surface area contributed by atoms with Gasteiger partial charge in [-0.15, -0.1) is 0 Å². The zero-order valence-corrected chi connectivity index (χ0v) is 17.0. The van der Waals surface area contributed by atoms with Crippen molar-refractivity contribution in [2.45, 2.75) is 19.4 Å². The number of aryl methyl sites for hydroxylation is 1. The van der Waals surface area contributed by atoms with Gasteiger partial charge in [0.1, 0.15) is 5.75 Å². The minimum atomic E-state index is -3.57. The van der Waals surface area contributed by atoms with E-state index in [0.29, 0.717) is 18.7 Å². The van der Waals surface area contributed by atoms with E-state index in [1.54, 1.807) is 42.9 Å². The van der Waals surface area contributed by atoms with E-state index in [-0.39, 0.29) is 18.0 Å². The maximum Gasteiger partial charge on any atom is 0.321 e. The second-order valence-corrected chi connectivity index (χ2v) is 8.25. The summed E-state index contributed by atoms with van der Waals surface area (Å²) in [7, 11) is -3.57. The highest BCUT2D eigenvalue weighted by molar-refractivity contribution is 7.89. The van der Waals surface area contributed by atoms with Crippen molar-refractivity contribution in [1.29, 1.82) is 0 Å². The number of amides is 1. The number of pyridine rings is 1. The van der Waals surface area contributed by atoms with E-state index < -0.39 is 15.9 Å². The summed E-state index contributed by atoms with van der Waals surface area (Å²) in [4.78, 5) is 31.9.